The molecule has 4 rings (SSSR count). The predicted molar refractivity (Wildman–Crippen MR) is 108 cm³/mol. The Balaban J connectivity index is 1.63. The zero-order valence-corrected chi connectivity index (χ0v) is 17.3. The highest BCUT2D eigenvalue weighted by Gasteiger charge is 2.50. The zero-order valence-electron chi connectivity index (χ0n) is 17.3. The third-order valence-electron chi connectivity index (χ3n) is 6.38. The van der Waals surface area contributed by atoms with Gasteiger partial charge in [0.05, 0.1) is 11.6 Å². The fraction of sp³-hybridized carbons (Fsp3) is 0.455. The van der Waals surface area contributed by atoms with E-state index in [1.54, 1.807) is 25.1 Å². The molecule has 2 aliphatic rings. The number of benzene rings is 1. The predicted octanol–water partition coefficient (Wildman–Crippen LogP) is 2.90. The number of likely N-dealkylation sites (tertiary alicyclic amines) is 2. The molecule has 0 unspecified atom stereocenters. The monoisotopic (exact) mass is 398 g/mol. The van der Waals surface area contributed by atoms with E-state index in [1.165, 1.54) is 12.1 Å². The van der Waals surface area contributed by atoms with Crippen LogP contribution in [0.1, 0.15) is 27.7 Å². The molecular weight excluding hydrogens is 371 g/mol. The third kappa shape index (κ3) is 3.28. The second-order valence-corrected chi connectivity index (χ2v) is 8.39. The van der Waals surface area contributed by atoms with Crippen LogP contribution in [0.3, 0.4) is 0 Å². The lowest BCUT2D eigenvalue weighted by atomic mass is 9.89. The van der Waals surface area contributed by atoms with Crippen LogP contribution in [0.4, 0.5) is 9.18 Å². The smallest absolute Gasteiger partial charge is 0.320 e. The molecule has 2 aromatic rings. The fourth-order valence-electron chi connectivity index (χ4n) is 4.79. The summed E-state index contributed by atoms with van der Waals surface area (Å²) in [6.45, 7) is 3.69. The number of urea groups is 1. The molecule has 2 aliphatic heterocycles. The molecule has 3 amide bonds. The Labute approximate surface area is 170 Å². The van der Waals surface area contributed by atoms with Crippen LogP contribution in [0.5, 0.6) is 0 Å². The molecule has 0 radical (unpaired) electrons. The molecule has 0 bridgehead atoms. The van der Waals surface area contributed by atoms with E-state index in [4.69, 9.17) is 0 Å². The van der Waals surface area contributed by atoms with Crippen LogP contribution in [0.2, 0.25) is 0 Å². The molecule has 6 nitrogen and oxygen atoms in total. The number of carbonyl (C=O) groups is 2. The third-order valence-corrected chi connectivity index (χ3v) is 6.38. The first-order valence-electron chi connectivity index (χ1n) is 9.92. The summed E-state index contributed by atoms with van der Waals surface area (Å²) < 4.78 is 15.9. The van der Waals surface area contributed by atoms with Crippen molar-refractivity contribution in [3.63, 3.8) is 0 Å². The molecule has 154 valence electrons. The fourth-order valence-corrected chi connectivity index (χ4v) is 4.79. The molecule has 0 aliphatic carbocycles. The quantitative estimate of drug-likeness (QED) is 0.781. The van der Waals surface area contributed by atoms with E-state index < -0.39 is 0 Å². The highest BCUT2D eigenvalue weighted by molar-refractivity contribution is 5.95. The lowest BCUT2D eigenvalue weighted by molar-refractivity contribution is 0.0765. The van der Waals surface area contributed by atoms with Gasteiger partial charge in [-0.1, -0.05) is 12.1 Å². The van der Waals surface area contributed by atoms with Crippen molar-refractivity contribution in [3.05, 3.63) is 59.2 Å². The first-order chi connectivity index (χ1) is 13.8. The van der Waals surface area contributed by atoms with Crippen LogP contribution < -0.4 is 0 Å². The van der Waals surface area contributed by atoms with Gasteiger partial charge in [-0.3, -0.25) is 4.79 Å². The Bertz CT molecular complexity index is 954. The van der Waals surface area contributed by atoms with Gasteiger partial charge in [0.2, 0.25) is 0 Å². The summed E-state index contributed by atoms with van der Waals surface area (Å²) in [5.41, 5.74) is 2.45. The summed E-state index contributed by atoms with van der Waals surface area (Å²) in [4.78, 5) is 31.2. The highest BCUT2D eigenvalue weighted by Crippen LogP contribution is 2.45. The van der Waals surface area contributed by atoms with Gasteiger partial charge in [-0.05, 0) is 30.7 Å². The molecule has 1 aromatic heterocycles. The van der Waals surface area contributed by atoms with Crippen LogP contribution in [0.25, 0.3) is 0 Å². The lowest BCUT2D eigenvalue weighted by Crippen LogP contribution is -2.42. The van der Waals surface area contributed by atoms with Gasteiger partial charge in [-0.15, -0.1) is 0 Å². The van der Waals surface area contributed by atoms with Gasteiger partial charge < -0.3 is 19.3 Å². The van der Waals surface area contributed by atoms with Gasteiger partial charge in [0.15, 0.2) is 0 Å². The molecule has 2 fully saturated rings. The maximum absolute atomic E-state index is 13.9. The summed E-state index contributed by atoms with van der Waals surface area (Å²) in [6, 6.07) is 8.02. The van der Waals surface area contributed by atoms with Crippen molar-refractivity contribution in [2.75, 3.05) is 33.7 Å². The highest BCUT2D eigenvalue weighted by atomic mass is 19.1. The number of hydrogen-bond donors (Lipinski definition) is 0. The Morgan fingerprint density at radius 1 is 1.14 bits per heavy atom. The van der Waals surface area contributed by atoms with Crippen molar-refractivity contribution in [2.24, 2.45) is 18.9 Å². The molecule has 0 saturated carbocycles. The Hall–Kier alpha value is -2.83. The van der Waals surface area contributed by atoms with Gasteiger partial charge in [0, 0.05) is 64.5 Å². The molecule has 3 atom stereocenters. The number of carbonyl (C=O) groups excluding carboxylic acids is 2. The lowest BCUT2D eigenvalue weighted by Gasteiger charge is -2.32. The van der Waals surface area contributed by atoms with E-state index >= 15 is 0 Å². The Kier molecular flexibility index (Phi) is 4.84. The van der Waals surface area contributed by atoms with Gasteiger partial charge in [0.25, 0.3) is 5.91 Å². The number of rotatable bonds is 2. The molecular formula is C22H27FN4O2. The van der Waals surface area contributed by atoms with Crippen molar-refractivity contribution < 1.29 is 14.0 Å². The van der Waals surface area contributed by atoms with Gasteiger partial charge in [0.1, 0.15) is 5.82 Å². The molecule has 0 N–H and O–H groups in total. The Morgan fingerprint density at radius 2 is 1.90 bits per heavy atom. The maximum atomic E-state index is 13.9. The standard InChI is InChI=1S/C22H27FN4O2/c1-14-18(8-9-25(14)4)21(28)26-11-16-12-27(22(29)24(2)3)20(19(16)13-26)15-6-5-7-17(23)10-15/h5-10,16,19-20H,11-13H2,1-4H3/t16-,19-,20+/m1/s1. The maximum Gasteiger partial charge on any atom is 0.320 e. The van der Waals surface area contributed by atoms with E-state index in [0.29, 0.717) is 19.6 Å². The second-order valence-electron chi connectivity index (χ2n) is 8.39. The average Bonchev–Trinajstić information content (AvgIpc) is 3.33. The van der Waals surface area contributed by atoms with Crippen molar-refractivity contribution in [2.45, 2.75) is 13.0 Å². The van der Waals surface area contributed by atoms with E-state index in [0.717, 1.165) is 16.8 Å². The zero-order chi connectivity index (χ0) is 20.9. The first-order valence-corrected chi connectivity index (χ1v) is 9.92. The number of nitrogens with zero attached hydrogens (tertiary/aromatic N) is 4. The molecule has 2 saturated heterocycles. The van der Waals surface area contributed by atoms with E-state index in [2.05, 4.69) is 0 Å². The second kappa shape index (κ2) is 7.21. The van der Waals surface area contributed by atoms with Gasteiger partial charge in [-0.2, -0.15) is 0 Å². The van der Waals surface area contributed by atoms with Crippen LogP contribution in [0, 0.1) is 24.6 Å². The van der Waals surface area contributed by atoms with Gasteiger partial charge >= 0.3 is 6.03 Å². The summed E-state index contributed by atoms with van der Waals surface area (Å²) in [7, 11) is 5.38. The van der Waals surface area contributed by atoms with Crippen LogP contribution >= 0.6 is 0 Å². The van der Waals surface area contributed by atoms with E-state index in [9.17, 15) is 14.0 Å². The molecule has 7 heteroatoms. The number of hydrogen-bond acceptors (Lipinski definition) is 2. The van der Waals surface area contributed by atoms with Crippen LogP contribution in [-0.2, 0) is 7.05 Å². The summed E-state index contributed by atoms with van der Waals surface area (Å²) in [5, 5.41) is 0. The van der Waals surface area contributed by atoms with E-state index in [-0.39, 0.29) is 35.6 Å². The summed E-state index contributed by atoms with van der Waals surface area (Å²) >= 11 is 0. The molecule has 1 aromatic carbocycles. The van der Waals surface area contributed by atoms with Crippen molar-refractivity contribution in [1.29, 1.82) is 0 Å². The van der Waals surface area contributed by atoms with Crippen LogP contribution in [-0.4, -0.2) is 64.9 Å². The van der Waals surface area contributed by atoms with Crippen molar-refractivity contribution in [3.8, 4) is 0 Å². The number of aromatic nitrogens is 1. The number of amides is 3. The average molecular weight is 398 g/mol. The van der Waals surface area contributed by atoms with E-state index in [1.807, 2.05) is 46.7 Å². The normalized spacial score (nSPS) is 23.4. The van der Waals surface area contributed by atoms with Crippen molar-refractivity contribution >= 4 is 11.9 Å². The number of fused-ring (bicyclic) bond motifs is 1. The SMILES string of the molecule is Cc1c(C(=O)N2C[C@@H]3CN(C(=O)N(C)C)[C@@H](c4cccc(F)c4)[C@@H]3C2)ccn1C. The topological polar surface area (TPSA) is 48.8 Å². The summed E-state index contributed by atoms with van der Waals surface area (Å²) in [5.74, 6) is -0.0103. The molecule has 0 spiro atoms. The largest absolute Gasteiger partial charge is 0.354 e. The number of halogens is 1. The molecule has 29 heavy (non-hydrogen) atoms. The van der Waals surface area contributed by atoms with Crippen LogP contribution in [0.15, 0.2) is 36.5 Å². The molecule has 3 heterocycles. The number of aryl methyl sites for hydroxylation is 1. The Morgan fingerprint density at radius 3 is 2.52 bits per heavy atom. The minimum atomic E-state index is -0.311. The minimum Gasteiger partial charge on any atom is -0.354 e. The first kappa shape index (κ1) is 19.5. The van der Waals surface area contributed by atoms with Crippen molar-refractivity contribution in [1.82, 2.24) is 19.3 Å². The van der Waals surface area contributed by atoms with Gasteiger partial charge in [-0.25, -0.2) is 9.18 Å². The minimum absolute atomic E-state index is 0.0287. The summed E-state index contributed by atoms with van der Waals surface area (Å²) in [6.07, 6.45) is 1.90.